The number of hydrogen-bond acceptors (Lipinski definition) is 2. The lowest BCUT2D eigenvalue weighted by Crippen LogP contribution is -2.46. The fourth-order valence-electron chi connectivity index (χ4n) is 3.47. The lowest BCUT2D eigenvalue weighted by atomic mass is 9.91. The summed E-state index contributed by atoms with van der Waals surface area (Å²) in [6.45, 7) is 2.57. The van der Waals surface area contributed by atoms with Gasteiger partial charge in [-0.15, -0.1) is 0 Å². The van der Waals surface area contributed by atoms with Crippen LogP contribution in [-0.4, -0.2) is 12.6 Å². The van der Waals surface area contributed by atoms with E-state index < -0.39 is 5.60 Å². The number of hydrogen-bond donors (Lipinski definition) is 0. The molecule has 1 atom stereocenters. The summed E-state index contributed by atoms with van der Waals surface area (Å²) in [6, 6.07) is 25.5. The first kappa shape index (κ1) is 17.6. The van der Waals surface area contributed by atoms with E-state index in [4.69, 9.17) is 16.3 Å². The van der Waals surface area contributed by atoms with Crippen LogP contribution in [0.4, 0.5) is 10.5 Å². The summed E-state index contributed by atoms with van der Waals surface area (Å²) in [5.41, 5.74) is 3.28. The summed E-state index contributed by atoms with van der Waals surface area (Å²) in [6.07, 6.45) is 0.403. The first-order valence-electron chi connectivity index (χ1n) is 8.97. The number of carbonyl (C=O) groups excluding carboxylic acids is 1. The zero-order valence-corrected chi connectivity index (χ0v) is 15.8. The highest BCUT2D eigenvalue weighted by molar-refractivity contribution is 6.30. The fourth-order valence-corrected chi connectivity index (χ4v) is 3.66. The van der Waals surface area contributed by atoms with E-state index in [0.717, 1.165) is 28.8 Å². The van der Waals surface area contributed by atoms with Crippen LogP contribution in [0.2, 0.25) is 5.02 Å². The third-order valence-corrected chi connectivity index (χ3v) is 5.28. The third-order valence-electron chi connectivity index (χ3n) is 5.05. The number of cyclic esters (lactones) is 1. The second-order valence-corrected chi connectivity index (χ2v) is 7.36. The second kappa shape index (κ2) is 7.09. The van der Waals surface area contributed by atoms with Crippen LogP contribution >= 0.6 is 11.6 Å². The molecule has 1 amide bonds. The van der Waals surface area contributed by atoms with Crippen LogP contribution in [0.5, 0.6) is 0 Å². The van der Waals surface area contributed by atoms with Crippen molar-refractivity contribution >= 4 is 23.4 Å². The molecule has 3 nitrogen and oxygen atoms in total. The van der Waals surface area contributed by atoms with Gasteiger partial charge in [-0.3, -0.25) is 4.90 Å². The molecule has 136 valence electrons. The summed E-state index contributed by atoms with van der Waals surface area (Å²) < 4.78 is 5.86. The molecule has 0 radical (unpaired) electrons. The fraction of sp³-hybridized carbons (Fsp3) is 0.174. The van der Waals surface area contributed by atoms with Crippen LogP contribution in [0.3, 0.4) is 0 Å². The topological polar surface area (TPSA) is 29.5 Å². The summed E-state index contributed by atoms with van der Waals surface area (Å²) in [5.74, 6) is 0. The Labute approximate surface area is 164 Å². The smallest absolute Gasteiger partial charge is 0.415 e. The molecule has 4 heteroatoms. The number of carbonyl (C=O) groups is 1. The van der Waals surface area contributed by atoms with Gasteiger partial charge in [-0.25, -0.2) is 4.79 Å². The molecule has 0 unspecified atom stereocenters. The molecular formula is C23H20ClNO2. The normalized spacial score (nSPS) is 19.6. The Morgan fingerprint density at radius 3 is 2.33 bits per heavy atom. The molecule has 0 aliphatic carbocycles. The molecule has 0 N–H and O–H groups in total. The van der Waals surface area contributed by atoms with Crippen LogP contribution in [0.25, 0.3) is 11.1 Å². The van der Waals surface area contributed by atoms with Gasteiger partial charge in [0.2, 0.25) is 0 Å². The van der Waals surface area contributed by atoms with E-state index in [2.05, 4.69) is 0 Å². The SMILES string of the molecule is C[C@]1(c2ccccc2)CCN(c2cccc(-c3cccc(Cl)c3)c2)C(=O)O1. The number of rotatable bonds is 3. The van der Waals surface area contributed by atoms with Gasteiger partial charge in [-0.2, -0.15) is 0 Å². The lowest BCUT2D eigenvalue weighted by Gasteiger charge is -2.39. The Morgan fingerprint density at radius 1 is 0.926 bits per heavy atom. The quantitative estimate of drug-likeness (QED) is 0.538. The molecule has 1 heterocycles. The lowest BCUT2D eigenvalue weighted by molar-refractivity contribution is 0.00583. The van der Waals surface area contributed by atoms with Gasteiger partial charge in [-0.05, 0) is 47.9 Å². The monoisotopic (exact) mass is 377 g/mol. The zero-order valence-electron chi connectivity index (χ0n) is 15.1. The van der Waals surface area contributed by atoms with Crippen molar-refractivity contribution in [1.29, 1.82) is 0 Å². The average Bonchev–Trinajstić information content (AvgIpc) is 2.69. The highest BCUT2D eigenvalue weighted by atomic mass is 35.5. The summed E-state index contributed by atoms with van der Waals surface area (Å²) in [7, 11) is 0. The molecule has 1 saturated heterocycles. The van der Waals surface area contributed by atoms with Gasteiger partial charge in [0.25, 0.3) is 0 Å². The van der Waals surface area contributed by atoms with Crippen LogP contribution in [-0.2, 0) is 10.3 Å². The molecule has 0 saturated carbocycles. The molecule has 1 fully saturated rings. The van der Waals surface area contributed by atoms with Crippen LogP contribution in [0, 0.1) is 0 Å². The standard InChI is InChI=1S/C23H20ClNO2/c1-23(19-9-3-2-4-10-19)13-14-25(22(26)27-23)21-12-6-8-18(16-21)17-7-5-11-20(24)15-17/h2-12,15-16H,13-14H2,1H3/t23-/m1/s1. The highest BCUT2D eigenvalue weighted by Crippen LogP contribution is 2.36. The largest absolute Gasteiger partial charge is 0.438 e. The summed E-state index contributed by atoms with van der Waals surface area (Å²) in [5, 5.41) is 0.689. The Bertz CT molecular complexity index is 973. The molecule has 0 aromatic heterocycles. The number of nitrogens with zero attached hydrogens (tertiary/aromatic N) is 1. The molecule has 3 aromatic rings. The molecule has 3 aromatic carbocycles. The first-order chi connectivity index (χ1) is 13.0. The van der Waals surface area contributed by atoms with E-state index in [1.807, 2.05) is 85.8 Å². The summed E-state index contributed by atoms with van der Waals surface area (Å²) in [4.78, 5) is 14.5. The van der Waals surface area contributed by atoms with Crippen molar-refractivity contribution in [3.05, 3.63) is 89.4 Å². The molecule has 4 rings (SSSR count). The Morgan fingerprint density at radius 2 is 1.63 bits per heavy atom. The maximum atomic E-state index is 12.8. The van der Waals surface area contributed by atoms with Gasteiger partial charge in [0.05, 0.1) is 0 Å². The number of halogens is 1. The van der Waals surface area contributed by atoms with Gasteiger partial charge < -0.3 is 4.74 Å². The molecular weight excluding hydrogens is 358 g/mol. The predicted molar refractivity (Wildman–Crippen MR) is 109 cm³/mol. The van der Waals surface area contributed by atoms with Gasteiger partial charge >= 0.3 is 6.09 Å². The van der Waals surface area contributed by atoms with Crippen molar-refractivity contribution in [2.45, 2.75) is 18.9 Å². The van der Waals surface area contributed by atoms with Crippen molar-refractivity contribution in [1.82, 2.24) is 0 Å². The molecule has 27 heavy (non-hydrogen) atoms. The van der Waals surface area contributed by atoms with Crippen molar-refractivity contribution in [3.63, 3.8) is 0 Å². The minimum atomic E-state index is -0.598. The zero-order chi connectivity index (χ0) is 18.9. The molecule has 0 spiro atoms. The maximum absolute atomic E-state index is 12.8. The van der Waals surface area contributed by atoms with Crippen molar-refractivity contribution in [2.75, 3.05) is 11.4 Å². The minimum absolute atomic E-state index is 0.323. The number of ether oxygens (including phenoxy) is 1. The molecule has 1 aliphatic heterocycles. The molecule has 1 aliphatic rings. The van der Waals surface area contributed by atoms with Crippen molar-refractivity contribution < 1.29 is 9.53 Å². The van der Waals surface area contributed by atoms with Gasteiger partial charge in [-0.1, -0.05) is 66.2 Å². The van der Waals surface area contributed by atoms with Gasteiger partial charge in [0, 0.05) is 23.7 Å². The highest BCUT2D eigenvalue weighted by Gasteiger charge is 2.38. The van der Waals surface area contributed by atoms with E-state index in [-0.39, 0.29) is 6.09 Å². The Kier molecular flexibility index (Phi) is 4.63. The average molecular weight is 378 g/mol. The van der Waals surface area contributed by atoms with Crippen LogP contribution in [0.15, 0.2) is 78.9 Å². The Hall–Kier alpha value is -2.78. The molecule has 0 bridgehead atoms. The van der Waals surface area contributed by atoms with E-state index in [0.29, 0.717) is 11.6 Å². The maximum Gasteiger partial charge on any atom is 0.415 e. The minimum Gasteiger partial charge on any atom is -0.438 e. The van der Waals surface area contributed by atoms with Crippen molar-refractivity contribution in [2.24, 2.45) is 0 Å². The first-order valence-corrected chi connectivity index (χ1v) is 9.35. The van der Waals surface area contributed by atoms with E-state index in [1.165, 1.54) is 0 Å². The van der Waals surface area contributed by atoms with E-state index in [1.54, 1.807) is 4.90 Å². The van der Waals surface area contributed by atoms with Gasteiger partial charge in [0.15, 0.2) is 0 Å². The van der Waals surface area contributed by atoms with E-state index >= 15 is 0 Å². The number of benzene rings is 3. The summed E-state index contributed by atoms with van der Waals surface area (Å²) >= 11 is 6.11. The van der Waals surface area contributed by atoms with Crippen LogP contribution < -0.4 is 4.90 Å². The second-order valence-electron chi connectivity index (χ2n) is 6.93. The number of anilines is 1. The van der Waals surface area contributed by atoms with Crippen LogP contribution in [0.1, 0.15) is 18.9 Å². The Balaban J connectivity index is 1.59. The van der Waals surface area contributed by atoms with Gasteiger partial charge in [0.1, 0.15) is 5.60 Å². The van der Waals surface area contributed by atoms with Crippen molar-refractivity contribution in [3.8, 4) is 11.1 Å². The van der Waals surface area contributed by atoms with E-state index in [9.17, 15) is 4.79 Å². The third kappa shape index (κ3) is 3.56. The number of amides is 1. The predicted octanol–water partition coefficient (Wildman–Crippen LogP) is 6.27.